The Labute approximate surface area is 122 Å². The van der Waals surface area contributed by atoms with Gasteiger partial charge in [-0.25, -0.2) is 10.4 Å². The lowest BCUT2D eigenvalue weighted by atomic mass is 10.0. The summed E-state index contributed by atoms with van der Waals surface area (Å²) in [5.41, 5.74) is 4.05. The van der Waals surface area contributed by atoms with Gasteiger partial charge in [0.1, 0.15) is 0 Å². The van der Waals surface area contributed by atoms with Gasteiger partial charge in [0.2, 0.25) is 0 Å². The monoisotopic (exact) mass is 321 g/mol. The van der Waals surface area contributed by atoms with Gasteiger partial charge in [-0.1, -0.05) is 23.7 Å². The summed E-state index contributed by atoms with van der Waals surface area (Å²) in [6.07, 6.45) is -3.28. The van der Waals surface area contributed by atoms with Gasteiger partial charge >= 0.3 is 6.18 Å². The fraction of sp³-hybridized carbons (Fsp3) is 0.250. The molecule has 0 saturated heterocycles. The smallest absolute Gasteiger partial charge is 0.271 e. The molecule has 3 N–H and O–H groups in total. The molecule has 0 fully saturated rings. The summed E-state index contributed by atoms with van der Waals surface area (Å²) in [6, 6.07) is 4.64. The van der Waals surface area contributed by atoms with Crippen LogP contribution in [0.1, 0.15) is 27.1 Å². The minimum atomic E-state index is -4.45. The van der Waals surface area contributed by atoms with E-state index in [1.54, 1.807) is 18.2 Å². The van der Waals surface area contributed by atoms with E-state index >= 15 is 0 Å². The third-order valence-electron chi connectivity index (χ3n) is 2.75. The Bertz CT molecular complexity index is 612. The molecule has 0 aliphatic heterocycles. The van der Waals surface area contributed by atoms with Gasteiger partial charge in [-0.15, -0.1) is 11.3 Å². The van der Waals surface area contributed by atoms with E-state index in [4.69, 9.17) is 17.4 Å². The van der Waals surface area contributed by atoms with Crippen molar-refractivity contribution in [2.75, 3.05) is 0 Å². The molecule has 0 spiro atoms. The molecule has 2 rings (SSSR count). The van der Waals surface area contributed by atoms with E-state index in [9.17, 15) is 13.2 Å². The number of alkyl halides is 3. The second-order valence-corrected chi connectivity index (χ2v) is 5.64. The highest BCUT2D eigenvalue weighted by molar-refractivity contribution is 7.11. The molecule has 0 radical (unpaired) electrons. The van der Waals surface area contributed by atoms with Crippen molar-refractivity contribution in [3.8, 4) is 0 Å². The molecule has 3 nitrogen and oxygen atoms in total. The number of hydrazine groups is 1. The number of aryl methyl sites for hydroxylation is 1. The van der Waals surface area contributed by atoms with Crippen LogP contribution in [-0.2, 0) is 6.18 Å². The van der Waals surface area contributed by atoms with Crippen LogP contribution in [-0.4, -0.2) is 4.98 Å². The zero-order valence-corrected chi connectivity index (χ0v) is 11.9. The maximum atomic E-state index is 12.6. The quantitative estimate of drug-likeness (QED) is 0.670. The number of halogens is 4. The number of nitrogens with zero attached hydrogens (tertiary/aromatic N) is 1. The van der Waals surface area contributed by atoms with E-state index in [-0.39, 0.29) is 0 Å². The minimum Gasteiger partial charge on any atom is -0.271 e. The second kappa shape index (κ2) is 5.69. The Morgan fingerprint density at radius 2 is 2.10 bits per heavy atom. The summed E-state index contributed by atoms with van der Waals surface area (Å²) in [7, 11) is 0. The average molecular weight is 322 g/mol. The SMILES string of the molecule is Cc1ccc(C(NN)c2cnc(C(F)(F)F)s2)cc1Cl. The van der Waals surface area contributed by atoms with Gasteiger partial charge in [0, 0.05) is 16.1 Å². The number of nitrogens with two attached hydrogens (primary N) is 1. The Balaban J connectivity index is 2.37. The van der Waals surface area contributed by atoms with E-state index in [0.29, 0.717) is 26.8 Å². The minimum absolute atomic E-state index is 0.375. The molecule has 1 unspecified atom stereocenters. The van der Waals surface area contributed by atoms with Crippen molar-refractivity contribution in [3.63, 3.8) is 0 Å². The molecule has 1 atom stereocenters. The first-order valence-corrected chi connectivity index (χ1v) is 6.77. The summed E-state index contributed by atoms with van der Waals surface area (Å²) >= 11 is 6.58. The predicted molar refractivity (Wildman–Crippen MR) is 72.5 cm³/mol. The van der Waals surface area contributed by atoms with Gasteiger partial charge in [-0.05, 0) is 24.1 Å². The van der Waals surface area contributed by atoms with Gasteiger partial charge < -0.3 is 0 Å². The molecule has 0 amide bonds. The van der Waals surface area contributed by atoms with Crippen molar-refractivity contribution in [1.82, 2.24) is 10.4 Å². The maximum Gasteiger partial charge on any atom is 0.443 e. The van der Waals surface area contributed by atoms with Crippen molar-refractivity contribution >= 4 is 22.9 Å². The Morgan fingerprint density at radius 3 is 2.60 bits per heavy atom. The largest absolute Gasteiger partial charge is 0.443 e. The van der Waals surface area contributed by atoms with Crippen LogP contribution in [0.25, 0.3) is 0 Å². The second-order valence-electron chi connectivity index (χ2n) is 4.17. The van der Waals surface area contributed by atoms with Gasteiger partial charge in [-0.2, -0.15) is 13.2 Å². The molecular formula is C12H11ClF3N3S. The number of benzene rings is 1. The standard InChI is InChI=1S/C12H11ClF3N3S/c1-6-2-3-7(4-8(6)13)10(19-17)9-5-18-11(20-9)12(14,15)16/h2-5,10,19H,17H2,1H3. The van der Waals surface area contributed by atoms with Crippen LogP contribution >= 0.6 is 22.9 Å². The van der Waals surface area contributed by atoms with Crippen molar-refractivity contribution < 1.29 is 13.2 Å². The van der Waals surface area contributed by atoms with Crippen LogP contribution in [0.2, 0.25) is 5.02 Å². The summed E-state index contributed by atoms with van der Waals surface area (Å²) in [4.78, 5) is 3.76. The third kappa shape index (κ3) is 3.12. The highest BCUT2D eigenvalue weighted by Gasteiger charge is 2.35. The fourth-order valence-electron chi connectivity index (χ4n) is 1.68. The van der Waals surface area contributed by atoms with E-state index in [2.05, 4.69) is 10.4 Å². The number of nitrogens with one attached hydrogen (secondary N) is 1. The topological polar surface area (TPSA) is 50.9 Å². The summed E-state index contributed by atoms with van der Waals surface area (Å²) in [6.45, 7) is 1.84. The van der Waals surface area contributed by atoms with Crippen LogP contribution in [0.15, 0.2) is 24.4 Å². The molecule has 1 heterocycles. The molecule has 0 saturated carbocycles. The third-order valence-corrected chi connectivity index (χ3v) is 4.26. The molecular weight excluding hydrogens is 311 g/mol. The van der Waals surface area contributed by atoms with Crippen LogP contribution in [0.4, 0.5) is 13.2 Å². The van der Waals surface area contributed by atoms with E-state index in [1.165, 1.54) is 6.20 Å². The lowest BCUT2D eigenvalue weighted by molar-refractivity contribution is -0.137. The Kier molecular flexibility index (Phi) is 4.33. The van der Waals surface area contributed by atoms with Crippen molar-refractivity contribution in [1.29, 1.82) is 0 Å². The molecule has 0 aliphatic carbocycles. The van der Waals surface area contributed by atoms with Gasteiger partial charge in [0.05, 0.1) is 6.04 Å². The van der Waals surface area contributed by atoms with E-state index in [1.807, 2.05) is 6.92 Å². The van der Waals surface area contributed by atoms with E-state index in [0.717, 1.165) is 5.56 Å². The lowest BCUT2D eigenvalue weighted by Crippen LogP contribution is -2.28. The molecule has 108 valence electrons. The first-order valence-electron chi connectivity index (χ1n) is 5.58. The zero-order valence-electron chi connectivity index (χ0n) is 10.3. The molecule has 1 aromatic heterocycles. The first-order chi connectivity index (χ1) is 9.32. The van der Waals surface area contributed by atoms with Crippen LogP contribution in [0.5, 0.6) is 0 Å². The molecule has 0 aliphatic rings. The molecule has 2 aromatic rings. The van der Waals surface area contributed by atoms with Crippen LogP contribution < -0.4 is 11.3 Å². The number of aromatic nitrogens is 1. The van der Waals surface area contributed by atoms with Crippen molar-refractivity contribution in [2.24, 2.45) is 5.84 Å². The van der Waals surface area contributed by atoms with Crippen molar-refractivity contribution in [2.45, 2.75) is 19.1 Å². The van der Waals surface area contributed by atoms with Crippen molar-refractivity contribution in [3.05, 3.63) is 50.4 Å². The normalized spacial score (nSPS) is 13.5. The number of rotatable bonds is 3. The summed E-state index contributed by atoms with van der Waals surface area (Å²) in [5, 5.41) is -0.366. The fourth-order valence-corrected chi connectivity index (χ4v) is 2.74. The average Bonchev–Trinajstić information content (AvgIpc) is 2.84. The maximum absolute atomic E-state index is 12.6. The highest BCUT2D eigenvalue weighted by atomic mass is 35.5. The molecule has 1 aromatic carbocycles. The lowest BCUT2D eigenvalue weighted by Gasteiger charge is -2.15. The van der Waals surface area contributed by atoms with Crippen LogP contribution in [0.3, 0.4) is 0 Å². The van der Waals surface area contributed by atoms with Gasteiger partial charge in [0.15, 0.2) is 5.01 Å². The van der Waals surface area contributed by atoms with Gasteiger partial charge in [0.25, 0.3) is 0 Å². The predicted octanol–water partition coefficient (Wildman–Crippen LogP) is 3.68. The zero-order chi connectivity index (χ0) is 14.9. The first kappa shape index (κ1) is 15.2. The summed E-state index contributed by atoms with van der Waals surface area (Å²) < 4.78 is 37.7. The number of thiazole rings is 1. The van der Waals surface area contributed by atoms with Gasteiger partial charge in [-0.3, -0.25) is 5.84 Å². The highest BCUT2D eigenvalue weighted by Crippen LogP contribution is 2.36. The molecule has 8 heteroatoms. The summed E-state index contributed by atoms with van der Waals surface area (Å²) in [5.74, 6) is 5.45. The molecule has 0 bridgehead atoms. The van der Waals surface area contributed by atoms with E-state index < -0.39 is 17.2 Å². The Morgan fingerprint density at radius 1 is 1.40 bits per heavy atom. The molecule has 20 heavy (non-hydrogen) atoms. The number of hydrogen-bond donors (Lipinski definition) is 2. The van der Waals surface area contributed by atoms with Crippen LogP contribution in [0, 0.1) is 6.92 Å². The number of hydrogen-bond acceptors (Lipinski definition) is 4. The Hall–Kier alpha value is -1.15.